The number of hydrogen-bond donors (Lipinski definition) is 1. The van der Waals surface area contributed by atoms with Gasteiger partial charge in [0.05, 0.1) is 12.7 Å². The minimum atomic E-state index is -0.394. The predicted octanol–water partition coefficient (Wildman–Crippen LogP) is 4.27. The third-order valence-corrected chi connectivity index (χ3v) is 3.84. The van der Waals surface area contributed by atoms with Crippen LogP contribution in [0.15, 0.2) is 24.3 Å². The number of benzene rings is 1. The fourth-order valence-electron chi connectivity index (χ4n) is 2.33. The first-order valence-corrected chi connectivity index (χ1v) is 8.70. The summed E-state index contributed by atoms with van der Waals surface area (Å²) in [5.74, 6) is 1.40. The molecule has 0 fully saturated rings. The van der Waals surface area contributed by atoms with Gasteiger partial charge in [-0.05, 0) is 49.5 Å². The molecular weight excluding hydrogens is 274 g/mol. The third-order valence-electron chi connectivity index (χ3n) is 3.84. The zero-order chi connectivity index (χ0) is 16.4. The minimum absolute atomic E-state index is 0.394. The van der Waals surface area contributed by atoms with Gasteiger partial charge in [-0.1, -0.05) is 46.2 Å². The molecule has 1 atom stereocenters. The lowest BCUT2D eigenvalue weighted by molar-refractivity contribution is 0.143. The number of aliphatic hydroxyl groups is 1. The Morgan fingerprint density at radius 3 is 2.32 bits per heavy atom. The first kappa shape index (κ1) is 19.0. The van der Waals surface area contributed by atoms with Crippen LogP contribution in [0.4, 0.5) is 0 Å². The molecule has 126 valence electrons. The molecule has 0 saturated carbocycles. The van der Waals surface area contributed by atoms with Crippen molar-refractivity contribution in [2.45, 2.75) is 53.1 Å². The second-order valence-electron chi connectivity index (χ2n) is 6.37. The average Bonchev–Trinajstić information content (AvgIpc) is 2.53. The monoisotopic (exact) mass is 307 g/mol. The van der Waals surface area contributed by atoms with Crippen LogP contribution in [0.2, 0.25) is 0 Å². The quantitative estimate of drug-likeness (QED) is 0.663. The highest BCUT2D eigenvalue weighted by atomic mass is 16.5. The fraction of sp³-hybridized carbons (Fsp3) is 0.684. The summed E-state index contributed by atoms with van der Waals surface area (Å²) in [6.07, 6.45) is 2.83. The second kappa shape index (κ2) is 10.6. The van der Waals surface area contributed by atoms with Gasteiger partial charge in [-0.3, -0.25) is 0 Å². The Kier molecular flexibility index (Phi) is 9.17. The second-order valence-corrected chi connectivity index (χ2v) is 6.37. The molecule has 0 aliphatic heterocycles. The largest absolute Gasteiger partial charge is 0.493 e. The summed E-state index contributed by atoms with van der Waals surface area (Å²) in [4.78, 5) is 2.41. The molecule has 3 nitrogen and oxygen atoms in total. The van der Waals surface area contributed by atoms with Gasteiger partial charge >= 0.3 is 0 Å². The van der Waals surface area contributed by atoms with E-state index in [1.54, 1.807) is 0 Å². The molecule has 0 aliphatic rings. The highest BCUT2D eigenvalue weighted by Crippen LogP contribution is 2.21. The van der Waals surface area contributed by atoms with E-state index in [0.29, 0.717) is 5.92 Å². The maximum absolute atomic E-state index is 10.3. The van der Waals surface area contributed by atoms with Gasteiger partial charge in [0.15, 0.2) is 0 Å². The highest BCUT2D eigenvalue weighted by molar-refractivity contribution is 5.28. The van der Waals surface area contributed by atoms with Gasteiger partial charge in [0.25, 0.3) is 0 Å². The topological polar surface area (TPSA) is 32.7 Å². The van der Waals surface area contributed by atoms with Crippen molar-refractivity contribution in [3.63, 3.8) is 0 Å². The van der Waals surface area contributed by atoms with Crippen LogP contribution in [0.3, 0.4) is 0 Å². The molecule has 1 unspecified atom stereocenters. The zero-order valence-electron chi connectivity index (χ0n) is 14.7. The number of nitrogens with zero attached hydrogens (tertiary/aromatic N) is 1. The normalized spacial score (nSPS) is 12.9. The first-order valence-electron chi connectivity index (χ1n) is 8.70. The highest BCUT2D eigenvalue weighted by Gasteiger charge is 2.10. The molecule has 0 amide bonds. The van der Waals surface area contributed by atoms with Crippen LogP contribution in [0, 0.1) is 5.92 Å². The fourth-order valence-corrected chi connectivity index (χ4v) is 2.33. The Hall–Kier alpha value is -1.06. The van der Waals surface area contributed by atoms with Crippen LogP contribution in [0.5, 0.6) is 5.75 Å². The maximum Gasteiger partial charge on any atom is 0.119 e. The van der Waals surface area contributed by atoms with Crippen molar-refractivity contribution in [3.05, 3.63) is 29.8 Å². The average molecular weight is 307 g/mol. The molecule has 22 heavy (non-hydrogen) atoms. The van der Waals surface area contributed by atoms with E-state index in [-0.39, 0.29) is 0 Å². The minimum Gasteiger partial charge on any atom is -0.493 e. The van der Waals surface area contributed by atoms with Crippen LogP contribution in [0.1, 0.15) is 58.6 Å². The van der Waals surface area contributed by atoms with Gasteiger partial charge in [0.1, 0.15) is 5.75 Å². The Morgan fingerprint density at radius 2 is 1.77 bits per heavy atom. The van der Waals surface area contributed by atoms with Crippen LogP contribution in [-0.4, -0.2) is 36.2 Å². The molecule has 0 heterocycles. The molecule has 1 aromatic rings. The number of hydrogen-bond acceptors (Lipinski definition) is 3. The van der Waals surface area contributed by atoms with Gasteiger partial charge < -0.3 is 14.7 Å². The molecule has 1 rings (SSSR count). The number of aliphatic hydroxyl groups excluding tert-OH is 1. The van der Waals surface area contributed by atoms with Crippen LogP contribution in [-0.2, 0) is 0 Å². The maximum atomic E-state index is 10.3. The first-order chi connectivity index (χ1) is 10.6. The molecule has 0 bridgehead atoms. The van der Waals surface area contributed by atoms with Crippen LogP contribution in [0.25, 0.3) is 0 Å². The lowest BCUT2D eigenvalue weighted by Crippen LogP contribution is -2.26. The van der Waals surface area contributed by atoms with Crippen molar-refractivity contribution in [2.75, 3.05) is 26.2 Å². The van der Waals surface area contributed by atoms with Crippen LogP contribution < -0.4 is 4.74 Å². The van der Waals surface area contributed by atoms with Gasteiger partial charge in [0, 0.05) is 6.54 Å². The lowest BCUT2D eigenvalue weighted by atomic mass is 10.1. The van der Waals surface area contributed by atoms with E-state index in [0.717, 1.165) is 44.0 Å². The molecule has 0 aromatic heterocycles. The number of unbranched alkanes of at least 4 members (excludes halogenated alkanes) is 1. The van der Waals surface area contributed by atoms with Crippen LogP contribution >= 0.6 is 0 Å². The SMILES string of the molecule is CCCCN(CC)CCC(O)c1ccc(OCC(C)C)cc1. The smallest absolute Gasteiger partial charge is 0.119 e. The van der Waals surface area contributed by atoms with E-state index in [1.807, 2.05) is 24.3 Å². The Balaban J connectivity index is 2.42. The lowest BCUT2D eigenvalue weighted by Gasteiger charge is -2.22. The van der Waals surface area contributed by atoms with Gasteiger partial charge in [0.2, 0.25) is 0 Å². The van der Waals surface area contributed by atoms with Crippen molar-refractivity contribution in [3.8, 4) is 5.75 Å². The van der Waals surface area contributed by atoms with Crippen molar-refractivity contribution >= 4 is 0 Å². The summed E-state index contributed by atoms with van der Waals surface area (Å²) >= 11 is 0. The molecule has 0 spiro atoms. The van der Waals surface area contributed by atoms with E-state index < -0.39 is 6.10 Å². The Labute approximate surface area is 136 Å². The molecule has 0 aliphatic carbocycles. The summed E-state index contributed by atoms with van der Waals surface area (Å²) in [5, 5.41) is 10.3. The molecule has 0 saturated heterocycles. The summed E-state index contributed by atoms with van der Waals surface area (Å²) < 4.78 is 5.67. The van der Waals surface area contributed by atoms with Crippen molar-refractivity contribution in [2.24, 2.45) is 5.92 Å². The van der Waals surface area contributed by atoms with E-state index in [1.165, 1.54) is 12.8 Å². The molecule has 0 radical (unpaired) electrons. The van der Waals surface area contributed by atoms with Gasteiger partial charge in [-0.15, -0.1) is 0 Å². The standard InChI is InChI=1S/C19H33NO2/c1-5-7-13-20(6-2)14-12-19(21)17-8-10-18(11-9-17)22-15-16(3)4/h8-11,16,19,21H,5-7,12-15H2,1-4H3. The number of ether oxygens (including phenoxy) is 1. The molecule has 1 aromatic carbocycles. The zero-order valence-corrected chi connectivity index (χ0v) is 14.7. The Bertz CT molecular complexity index is 389. The molecule has 1 N–H and O–H groups in total. The summed E-state index contributed by atoms with van der Waals surface area (Å²) in [7, 11) is 0. The number of rotatable bonds is 11. The predicted molar refractivity (Wildman–Crippen MR) is 93.4 cm³/mol. The summed E-state index contributed by atoms with van der Waals surface area (Å²) in [5.41, 5.74) is 0.975. The third kappa shape index (κ3) is 7.28. The van der Waals surface area contributed by atoms with Crippen molar-refractivity contribution in [1.82, 2.24) is 4.90 Å². The van der Waals surface area contributed by atoms with Crippen molar-refractivity contribution in [1.29, 1.82) is 0 Å². The van der Waals surface area contributed by atoms with E-state index >= 15 is 0 Å². The Morgan fingerprint density at radius 1 is 1.09 bits per heavy atom. The van der Waals surface area contributed by atoms with E-state index in [2.05, 4.69) is 32.6 Å². The van der Waals surface area contributed by atoms with E-state index in [4.69, 9.17) is 4.74 Å². The summed E-state index contributed by atoms with van der Waals surface area (Å²) in [6, 6.07) is 7.86. The van der Waals surface area contributed by atoms with Crippen molar-refractivity contribution < 1.29 is 9.84 Å². The van der Waals surface area contributed by atoms with E-state index in [9.17, 15) is 5.11 Å². The molecule has 3 heteroatoms. The molecular formula is C19H33NO2. The van der Waals surface area contributed by atoms with Gasteiger partial charge in [-0.2, -0.15) is 0 Å². The van der Waals surface area contributed by atoms with Gasteiger partial charge in [-0.25, -0.2) is 0 Å². The summed E-state index contributed by atoms with van der Waals surface area (Å²) in [6.45, 7) is 12.5.